The molecule has 170 valence electrons. The molecule has 8 heteroatoms. The van der Waals surface area contributed by atoms with Crippen molar-refractivity contribution in [2.24, 2.45) is 5.10 Å². The molecular formula is C24H27BrClN3O3. The second-order valence-electron chi connectivity index (χ2n) is 7.67. The molecule has 0 fully saturated rings. The molecule has 0 bridgehead atoms. The molecule has 3 aromatic rings. The van der Waals surface area contributed by atoms with E-state index in [0.29, 0.717) is 38.8 Å². The van der Waals surface area contributed by atoms with Gasteiger partial charge in [0.25, 0.3) is 5.56 Å². The standard InChI is InChI=1S/C24H27BrClN3O3/c1-6-14(3)23-28-20-9-8-17(25)12-18(20)24(30)29(23)27-13-16-10-19(26)22(21(11-16)31-5)32-15(4)7-2/h8-15H,6-7H2,1-5H3/t14-,15-/m0/s1. The highest BCUT2D eigenvalue weighted by Gasteiger charge is 2.17. The van der Waals surface area contributed by atoms with Crippen LogP contribution in [0.4, 0.5) is 0 Å². The van der Waals surface area contributed by atoms with Gasteiger partial charge in [0.1, 0.15) is 5.82 Å². The van der Waals surface area contributed by atoms with Gasteiger partial charge in [-0.05, 0) is 55.7 Å². The van der Waals surface area contributed by atoms with E-state index in [1.165, 1.54) is 4.68 Å². The van der Waals surface area contributed by atoms with E-state index in [0.717, 1.165) is 17.3 Å². The number of hydrogen-bond acceptors (Lipinski definition) is 5. The van der Waals surface area contributed by atoms with E-state index in [1.807, 2.05) is 32.9 Å². The first-order valence-corrected chi connectivity index (χ1v) is 11.8. The molecule has 0 radical (unpaired) electrons. The van der Waals surface area contributed by atoms with E-state index in [-0.39, 0.29) is 17.6 Å². The second kappa shape index (κ2) is 10.5. The van der Waals surface area contributed by atoms with Crippen molar-refractivity contribution in [3.63, 3.8) is 0 Å². The maximum absolute atomic E-state index is 13.3. The Morgan fingerprint density at radius 1 is 1.22 bits per heavy atom. The van der Waals surface area contributed by atoms with Gasteiger partial charge in [0.05, 0.1) is 35.4 Å². The summed E-state index contributed by atoms with van der Waals surface area (Å²) in [6.45, 7) is 8.09. The van der Waals surface area contributed by atoms with E-state index < -0.39 is 0 Å². The van der Waals surface area contributed by atoms with Gasteiger partial charge in [0.2, 0.25) is 0 Å². The Kier molecular flexibility index (Phi) is 7.96. The molecular weight excluding hydrogens is 494 g/mol. The molecule has 3 rings (SSSR count). The zero-order valence-electron chi connectivity index (χ0n) is 18.9. The zero-order chi connectivity index (χ0) is 23.4. The molecule has 2 aromatic carbocycles. The molecule has 2 atom stereocenters. The summed E-state index contributed by atoms with van der Waals surface area (Å²) in [6.07, 6.45) is 3.25. The molecule has 32 heavy (non-hydrogen) atoms. The van der Waals surface area contributed by atoms with Gasteiger partial charge in [0.15, 0.2) is 11.5 Å². The van der Waals surface area contributed by atoms with Crippen molar-refractivity contribution in [3.05, 3.63) is 61.6 Å². The second-order valence-corrected chi connectivity index (χ2v) is 9.00. The van der Waals surface area contributed by atoms with Crippen LogP contribution in [0.2, 0.25) is 5.02 Å². The number of hydrogen-bond donors (Lipinski definition) is 0. The van der Waals surface area contributed by atoms with Crippen LogP contribution in [-0.2, 0) is 0 Å². The van der Waals surface area contributed by atoms with Gasteiger partial charge in [-0.1, -0.05) is 48.3 Å². The number of benzene rings is 2. The van der Waals surface area contributed by atoms with Gasteiger partial charge in [0, 0.05) is 10.4 Å². The van der Waals surface area contributed by atoms with Crippen LogP contribution < -0.4 is 15.0 Å². The van der Waals surface area contributed by atoms with Crippen LogP contribution in [0.15, 0.2) is 44.7 Å². The summed E-state index contributed by atoms with van der Waals surface area (Å²) < 4.78 is 13.6. The lowest BCUT2D eigenvalue weighted by molar-refractivity contribution is 0.208. The predicted octanol–water partition coefficient (Wildman–Crippen LogP) is 6.39. The Hall–Kier alpha value is -2.38. The highest BCUT2D eigenvalue weighted by molar-refractivity contribution is 9.10. The molecule has 1 heterocycles. The molecule has 0 unspecified atom stereocenters. The molecule has 1 aromatic heterocycles. The van der Waals surface area contributed by atoms with Crippen LogP contribution in [0.25, 0.3) is 10.9 Å². The largest absolute Gasteiger partial charge is 0.493 e. The molecule has 0 saturated carbocycles. The lowest BCUT2D eigenvalue weighted by Gasteiger charge is -2.17. The topological polar surface area (TPSA) is 65.7 Å². The van der Waals surface area contributed by atoms with Crippen LogP contribution >= 0.6 is 27.5 Å². The summed E-state index contributed by atoms with van der Waals surface area (Å²) in [6, 6.07) is 9.00. The summed E-state index contributed by atoms with van der Waals surface area (Å²) in [7, 11) is 1.56. The van der Waals surface area contributed by atoms with Gasteiger partial charge in [-0.3, -0.25) is 4.79 Å². The molecule has 0 saturated heterocycles. The van der Waals surface area contributed by atoms with Crippen molar-refractivity contribution < 1.29 is 9.47 Å². The summed E-state index contributed by atoms with van der Waals surface area (Å²) in [5.74, 6) is 1.67. The van der Waals surface area contributed by atoms with E-state index in [2.05, 4.69) is 28.0 Å². The van der Waals surface area contributed by atoms with Gasteiger partial charge in [-0.2, -0.15) is 9.78 Å². The van der Waals surface area contributed by atoms with Crippen LogP contribution in [0.1, 0.15) is 57.8 Å². The van der Waals surface area contributed by atoms with Gasteiger partial charge in [-0.25, -0.2) is 4.98 Å². The average molecular weight is 521 g/mol. The fourth-order valence-electron chi connectivity index (χ4n) is 3.12. The molecule has 0 N–H and O–H groups in total. The summed E-state index contributed by atoms with van der Waals surface area (Å²) in [5.41, 5.74) is 1.11. The first kappa shape index (κ1) is 24.3. The molecule has 0 aliphatic heterocycles. The fourth-order valence-corrected chi connectivity index (χ4v) is 3.74. The molecule has 6 nitrogen and oxygen atoms in total. The predicted molar refractivity (Wildman–Crippen MR) is 134 cm³/mol. The highest BCUT2D eigenvalue weighted by Crippen LogP contribution is 2.37. The third-order valence-electron chi connectivity index (χ3n) is 5.35. The van der Waals surface area contributed by atoms with Crippen LogP contribution in [0, 0.1) is 0 Å². The normalized spacial score (nSPS) is 13.5. The molecule has 0 aliphatic carbocycles. The van der Waals surface area contributed by atoms with E-state index in [1.54, 1.807) is 31.5 Å². The van der Waals surface area contributed by atoms with Crippen molar-refractivity contribution in [3.8, 4) is 11.5 Å². The molecule has 0 amide bonds. The van der Waals surface area contributed by atoms with Crippen LogP contribution in [-0.4, -0.2) is 29.1 Å². The Bertz CT molecular complexity index is 1210. The molecule has 0 aliphatic rings. The number of ether oxygens (including phenoxy) is 2. The monoisotopic (exact) mass is 519 g/mol. The lowest BCUT2D eigenvalue weighted by atomic mass is 10.1. The minimum atomic E-state index is -0.224. The number of aromatic nitrogens is 2. The first-order valence-electron chi connectivity index (χ1n) is 10.6. The number of fused-ring (bicyclic) bond motifs is 1. The van der Waals surface area contributed by atoms with Crippen molar-refractivity contribution >= 4 is 44.6 Å². The summed E-state index contributed by atoms with van der Waals surface area (Å²) in [4.78, 5) is 18.0. The number of methoxy groups -OCH3 is 1. The molecule has 0 spiro atoms. The number of rotatable bonds is 8. The van der Waals surface area contributed by atoms with Crippen molar-refractivity contribution in [1.29, 1.82) is 0 Å². The van der Waals surface area contributed by atoms with Crippen molar-refractivity contribution in [2.45, 2.75) is 52.6 Å². The van der Waals surface area contributed by atoms with E-state index in [4.69, 9.17) is 26.1 Å². The third-order valence-corrected chi connectivity index (χ3v) is 6.13. The van der Waals surface area contributed by atoms with E-state index in [9.17, 15) is 4.79 Å². The smallest absolute Gasteiger partial charge is 0.282 e. The maximum atomic E-state index is 13.3. The Labute approximate surface area is 201 Å². The SMILES string of the molecule is CC[C@H](C)Oc1c(Cl)cc(C=Nn2c([C@@H](C)CC)nc3ccc(Br)cc3c2=O)cc1OC. The minimum absolute atomic E-state index is 0.000539. The summed E-state index contributed by atoms with van der Waals surface area (Å²) in [5, 5.41) is 5.41. The lowest BCUT2D eigenvalue weighted by Crippen LogP contribution is -2.23. The Balaban J connectivity index is 2.10. The zero-order valence-corrected chi connectivity index (χ0v) is 21.2. The third kappa shape index (κ3) is 5.15. The Morgan fingerprint density at radius 3 is 2.62 bits per heavy atom. The van der Waals surface area contributed by atoms with Crippen LogP contribution in [0.3, 0.4) is 0 Å². The van der Waals surface area contributed by atoms with Crippen molar-refractivity contribution in [2.75, 3.05) is 7.11 Å². The van der Waals surface area contributed by atoms with Gasteiger partial charge in [-0.15, -0.1) is 0 Å². The highest BCUT2D eigenvalue weighted by atomic mass is 79.9. The number of nitrogens with zero attached hydrogens (tertiary/aromatic N) is 3. The summed E-state index contributed by atoms with van der Waals surface area (Å²) >= 11 is 9.90. The average Bonchev–Trinajstić information content (AvgIpc) is 2.79. The fraction of sp³-hybridized carbons (Fsp3) is 0.375. The maximum Gasteiger partial charge on any atom is 0.282 e. The Morgan fingerprint density at radius 2 is 1.97 bits per heavy atom. The van der Waals surface area contributed by atoms with Crippen LogP contribution in [0.5, 0.6) is 11.5 Å². The first-order chi connectivity index (χ1) is 15.3. The van der Waals surface area contributed by atoms with Gasteiger partial charge >= 0.3 is 0 Å². The quantitative estimate of drug-likeness (QED) is 0.323. The van der Waals surface area contributed by atoms with Gasteiger partial charge < -0.3 is 9.47 Å². The van der Waals surface area contributed by atoms with Crippen molar-refractivity contribution in [1.82, 2.24) is 9.66 Å². The van der Waals surface area contributed by atoms with E-state index >= 15 is 0 Å². The minimum Gasteiger partial charge on any atom is -0.493 e. The number of halogens is 2.